The van der Waals surface area contributed by atoms with Gasteiger partial charge in [-0.1, -0.05) is 29.5 Å². The van der Waals surface area contributed by atoms with E-state index in [9.17, 15) is 4.79 Å². The molecule has 7 heteroatoms. The first-order valence-corrected chi connectivity index (χ1v) is 9.70. The minimum Gasteiger partial charge on any atom is -0.378 e. The van der Waals surface area contributed by atoms with E-state index in [4.69, 9.17) is 0 Å². The smallest absolute Gasteiger partial charge is 0.233 e. The highest BCUT2D eigenvalue weighted by Gasteiger charge is 2.15. The molecule has 25 heavy (non-hydrogen) atoms. The molecule has 0 saturated heterocycles. The Bertz CT molecular complexity index is 679. The van der Waals surface area contributed by atoms with E-state index in [1.807, 2.05) is 18.7 Å². The number of thioether (sulfide) groups is 1. The number of carbonyl (C=O) groups excluding carboxylic acids is 1. The van der Waals surface area contributed by atoms with Crippen LogP contribution in [0.4, 0.5) is 5.69 Å². The van der Waals surface area contributed by atoms with Crippen LogP contribution < -0.4 is 5.32 Å². The van der Waals surface area contributed by atoms with Crippen LogP contribution in [0.25, 0.3) is 0 Å². The molecule has 6 nitrogen and oxygen atoms in total. The fraction of sp³-hybridized carbons (Fsp3) is 0.500. The van der Waals surface area contributed by atoms with Gasteiger partial charge < -0.3 is 14.8 Å². The normalized spacial score (nSPS) is 10.7. The largest absolute Gasteiger partial charge is 0.378 e. The van der Waals surface area contributed by atoms with Gasteiger partial charge in [-0.05, 0) is 39.8 Å². The lowest BCUT2D eigenvalue weighted by Crippen LogP contribution is -2.31. The van der Waals surface area contributed by atoms with Gasteiger partial charge in [0, 0.05) is 25.3 Å². The number of carbonyl (C=O) groups is 1. The second kappa shape index (κ2) is 9.46. The molecule has 0 saturated carbocycles. The average molecular weight is 362 g/mol. The number of rotatable bonds is 9. The summed E-state index contributed by atoms with van der Waals surface area (Å²) in [5.74, 6) is 1.41. The Morgan fingerprint density at radius 3 is 2.44 bits per heavy atom. The minimum absolute atomic E-state index is 0.139. The van der Waals surface area contributed by atoms with E-state index in [1.165, 1.54) is 17.3 Å². The summed E-state index contributed by atoms with van der Waals surface area (Å²) in [5.41, 5.74) is 2.29. The SMILES string of the molecule is CCN(CC)C(=O)CSc1nnc(CNc2ccc(C)cc2)n1CC. The Labute approximate surface area is 154 Å². The maximum absolute atomic E-state index is 12.2. The van der Waals surface area contributed by atoms with Gasteiger partial charge in [0.15, 0.2) is 11.0 Å². The molecule has 0 radical (unpaired) electrons. The van der Waals surface area contributed by atoms with Crippen molar-refractivity contribution in [3.05, 3.63) is 35.7 Å². The molecule has 1 amide bonds. The summed E-state index contributed by atoms with van der Waals surface area (Å²) in [6.07, 6.45) is 0. The van der Waals surface area contributed by atoms with Crippen LogP contribution in [-0.2, 0) is 17.9 Å². The molecular weight excluding hydrogens is 334 g/mol. The van der Waals surface area contributed by atoms with Crippen LogP contribution in [0.1, 0.15) is 32.2 Å². The van der Waals surface area contributed by atoms with Gasteiger partial charge in [0.2, 0.25) is 5.91 Å². The summed E-state index contributed by atoms with van der Waals surface area (Å²) < 4.78 is 2.06. The Hall–Kier alpha value is -2.02. The predicted octanol–water partition coefficient (Wildman–Crippen LogP) is 3.18. The zero-order chi connectivity index (χ0) is 18.2. The first-order valence-electron chi connectivity index (χ1n) is 8.72. The molecule has 2 aromatic rings. The molecule has 0 aliphatic rings. The molecule has 0 fully saturated rings. The second-order valence-electron chi connectivity index (χ2n) is 5.72. The minimum atomic E-state index is 0.139. The van der Waals surface area contributed by atoms with Gasteiger partial charge in [-0.25, -0.2) is 0 Å². The Kier molecular flexibility index (Phi) is 7.31. The number of hydrogen-bond acceptors (Lipinski definition) is 5. The van der Waals surface area contributed by atoms with E-state index >= 15 is 0 Å². The van der Waals surface area contributed by atoms with Crippen molar-refractivity contribution in [1.82, 2.24) is 19.7 Å². The van der Waals surface area contributed by atoms with Gasteiger partial charge >= 0.3 is 0 Å². The van der Waals surface area contributed by atoms with Crippen molar-refractivity contribution in [3.8, 4) is 0 Å². The third kappa shape index (κ3) is 5.22. The van der Waals surface area contributed by atoms with E-state index in [0.717, 1.165) is 36.3 Å². The summed E-state index contributed by atoms with van der Waals surface area (Å²) in [6.45, 7) is 11.0. The topological polar surface area (TPSA) is 63.1 Å². The summed E-state index contributed by atoms with van der Waals surface area (Å²) in [7, 11) is 0. The predicted molar refractivity (Wildman–Crippen MR) is 103 cm³/mol. The van der Waals surface area contributed by atoms with E-state index in [2.05, 4.69) is 58.2 Å². The van der Waals surface area contributed by atoms with E-state index in [-0.39, 0.29) is 5.91 Å². The lowest BCUT2D eigenvalue weighted by molar-refractivity contribution is -0.127. The highest BCUT2D eigenvalue weighted by atomic mass is 32.2. The summed E-state index contributed by atoms with van der Waals surface area (Å²) in [6, 6.07) is 8.26. The number of anilines is 1. The lowest BCUT2D eigenvalue weighted by Gasteiger charge is -2.18. The van der Waals surface area contributed by atoms with Crippen LogP contribution in [-0.4, -0.2) is 44.4 Å². The van der Waals surface area contributed by atoms with E-state index in [1.54, 1.807) is 0 Å². The van der Waals surface area contributed by atoms with Crippen molar-refractivity contribution >= 4 is 23.4 Å². The van der Waals surface area contributed by atoms with Crippen LogP contribution >= 0.6 is 11.8 Å². The Morgan fingerprint density at radius 2 is 1.84 bits per heavy atom. The van der Waals surface area contributed by atoms with Gasteiger partial charge in [0.05, 0.1) is 12.3 Å². The van der Waals surface area contributed by atoms with Gasteiger partial charge in [-0.15, -0.1) is 10.2 Å². The summed E-state index contributed by atoms with van der Waals surface area (Å²) in [5, 5.41) is 12.7. The van der Waals surface area contributed by atoms with Crippen LogP contribution in [0.15, 0.2) is 29.4 Å². The number of nitrogens with zero attached hydrogens (tertiary/aromatic N) is 4. The number of nitrogens with one attached hydrogen (secondary N) is 1. The van der Waals surface area contributed by atoms with E-state index < -0.39 is 0 Å². The van der Waals surface area contributed by atoms with Crippen molar-refractivity contribution in [2.45, 2.75) is 45.9 Å². The Morgan fingerprint density at radius 1 is 1.16 bits per heavy atom. The molecule has 0 atom stereocenters. The molecule has 0 aliphatic carbocycles. The van der Waals surface area contributed by atoms with Gasteiger partial charge in [0.1, 0.15) is 0 Å². The molecule has 0 spiro atoms. The molecule has 0 unspecified atom stereocenters. The lowest BCUT2D eigenvalue weighted by atomic mass is 10.2. The molecule has 2 rings (SSSR count). The number of amides is 1. The quantitative estimate of drug-likeness (QED) is 0.695. The fourth-order valence-electron chi connectivity index (χ4n) is 2.52. The van der Waals surface area contributed by atoms with Crippen molar-refractivity contribution < 1.29 is 4.79 Å². The zero-order valence-corrected chi connectivity index (χ0v) is 16.3. The van der Waals surface area contributed by atoms with Crippen molar-refractivity contribution in [3.63, 3.8) is 0 Å². The first-order chi connectivity index (χ1) is 12.1. The van der Waals surface area contributed by atoms with Gasteiger partial charge in [-0.2, -0.15) is 0 Å². The number of aryl methyl sites for hydroxylation is 1. The monoisotopic (exact) mass is 361 g/mol. The highest BCUT2D eigenvalue weighted by Crippen LogP contribution is 2.18. The third-order valence-corrected chi connectivity index (χ3v) is 5.00. The number of aromatic nitrogens is 3. The van der Waals surface area contributed by atoms with Crippen molar-refractivity contribution in [2.75, 3.05) is 24.2 Å². The molecule has 1 heterocycles. The van der Waals surface area contributed by atoms with Crippen molar-refractivity contribution in [2.24, 2.45) is 0 Å². The molecule has 136 valence electrons. The maximum atomic E-state index is 12.2. The van der Waals surface area contributed by atoms with Crippen LogP contribution in [0.2, 0.25) is 0 Å². The number of hydrogen-bond donors (Lipinski definition) is 1. The molecule has 0 aliphatic heterocycles. The van der Waals surface area contributed by atoms with Crippen LogP contribution in [0, 0.1) is 6.92 Å². The second-order valence-corrected chi connectivity index (χ2v) is 6.66. The summed E-state index contributed by atoms with van der Waals surface area (Å²) in [4.78, 5) is 14.0. The van der Waals surface area contributed by atoms with E-state index in [0.29, 0.717) is 12.3 Å². The zero-order valence-electron chi connectivity index (χ0n) is 15.5. The summed E-state index contributed by atoms with van der Waals surface area (Å²) >= 11 is 1.45. The van der Waals surface area contributed by atoms with Gasteiger partial charge in [0.25, 0.3) is 0 Å². The molecule has 0 bridgehead atoms. The Balaban J connectivity index is 1.97. The molecule has 1 N–H and O–H groups in total. The maximum Gasteiger partial charge on any atom is 0.233 e. The average Bonchev–Trinajstić information content (AvgIpc) is 3.02. The fourth-order valence-corrected chi connectivity index (χ4v) is 3.44. The highest BCUT2D eigenvalue weighted by molar-refractivity contribution is 7.99. The third-order valence-electron chi connectivity index (χ3n) is 4.05. The number of benzene rings is 1. The molecule has 1 aromatic heterocycles. The van der Waals surface area contributed by atoms with Gasteiger partial charge in [-0.3, -0.25) is 4.79 Å². The van der Waals surface area contributed by atoms with Crippen LogP contribution in [0.5, 0.6) is 0 Å². The molecule has 1 aromatic carbocycles. The van der Waals surface area contributed by atoms with Crippen LogP contribution in [0.3, 0.4) is 0 Å². The standard InChI is InChI=1S/C18H27N5OS/c1-5-22(6-2)17(24)13-25-18-21-20-16(23(18)7-3)12-19-15-10-8-14(4)9-11-15/h8-11,19H,5-7,12-13H2,1-4H3. The molecular formula is C18H27N5OS. The van der Waals surface area contributed by atoms with Crippen molar-refractivity contribution in [1.29, 1.82) is 0 Å². The first kappa shape index (κ1) is 19.3.